The highest BCUT2D eigenvalue weighted by atomic mass is 35.5. The fraction of sp³-hybridized carbons (Fsp3) is 0. The largest absolute Gasteiger partial charge is 0.442 e. The SMILES string of the molecule is N#Cc1oc2ccccc2c1Oc1ccnc(Cl)n1. The summed E-state index contributed by atoms with van der Waals surface area (Å²) >= 11 is 5.69. The van der Waals surface area contributed by atoms with Crippen molar-refractivity contribution in [3.8, 4) is 17.7 Å². The Morgan fingerprint density at radius 1 is 1.26 bits per heavy atom. The molecule has 0 atom stereocenters. The van der Waals surface area contributed by atoms with Crippen LogP contribution in [0.1, 0.15) is 5.76 Å². The molecule has 2 aromatic heterocycles. The Labute approximate surface area is 113 Å². The molecule has 5 nitrogen and oxygen atoms in total. The summed E-state index contributed by atoms with van der Waals surface area (Å²) in [5, 5.41) is 9.85. The summed E-state index contributed by atoms with van der Waals surface area (Å²) in [6, 6.07) is 10.7. The zero-order chi connectivity index (χ0) is 13.2. The summed E-state index contributed by atoms with van der Waals surface area (Å²) in [7, 11) is 0. The number of para-hydroxylation sites is 1. The maximum atomic E-state index is 9.07. The molecule has 0 fully saturated rings. The lowest BCUT2D eigenvalue weighted by atomic mass is 10.2. The fourth-order valence-corrected chi connectivity index (χ4v) is 1.82. The van der Waals surface area contributed by atoms with E-state index in [1.54, 1.807) is 18.2 Å². The first-order valence-electron chi connectivity index (χ1n) is 5.36. The van der Waals surface area contributed by atoms with Gasteiger partial charge in [-0.15, -0.1) is 0 Å². The molecule has 6 heteroatoms. The van der Waals surface area contributed by atoms with Crippen molar-refractivity contribution in [1.29, 1.82) is 5.26 Å². The maximum absolute atomic E-state index is 9.07. The van der Waals surface area contributed by atoms with Crippen molar-refractivity contribution in [2.24, 2.45) is 0 Å². The summed E-state index contributed by atoms with van der Waals surface area (Å²) in [5.74, 6) is 0.673. The highest BCUT2D eigenvalue weighted by Crippen LogP contribution is 2.35. The highest BCUT2D eigenvalue weighted by Gasteiger charge is 2.16. The number of nitrogens with zero attached hydrogens (tertiary/aromatic N) is 3. The minimum Gasteiger partial charge on any atom is -0.442 e. The van der Waals surface area contributed by atoms with Gasteiger partial charge in [0.15, 0.2) is 5.75 Å². The molecular weight excluding hydrogens is 266 g/mol. The van der Waals surface area contributed by atoms with E-state index in [4.69, 9.17) is 26.0 Å². The van der Waals surface area contributed by atoms with Crippen molar-refractivity contribution in [3.63, 3.8) is 0 Å². The predicted octanol–water partition coefficient (Wildman–Crippen LogP) is 3.54. The van der Waals surface area contributed by atoms with Crippen molar-refractivity contribution in [2.75, 3.05) is 0 Å². The first kappa shape index (κ1) is 11.5. The molecule has 0 N–H and O–H groups in total. The number of benzene rings is 1. The van der Waals surface area contributed by atoms with Crippen molar-refractivity contribution in [1.82, 2.24) is 9.97 Å². The lowest BCUT2D eigenvalue weighted by Gasteiger charge is -2.02. The highest BCUT2D eigenvalue weighted by molar-refractivity contribution is 6.28. The molecule has 3 aromatic rings. The monoisotopic (exact) mass is 271 g/mol. The van der Waals surface area contributed by atoms with Gasteiger partial charge in [-0.05, 0) is 23.7 Å². The standard InChI is InChI=1S/C13H6ClN3O2/c14-13-16-6-5-11(17-13)19-12-8-3-1-2-4-9(8)18-10(12)7-15/h1-6H. The number of nitriles is 1. The van der Waals surface area contributed by atoms with E-state index in [2.05, 4.69) is 9.97 Å². The van der Waals surface area contributed by atoms with Crippen LogP contribution in [0.4, 0.5) is 0 Å². The van der Waals surface area contributed by atoms with E-state index in [1.165, 1.54) is 6.20 Å². The molecule has 0 saturated heterocycles. The molecule has 0 aliphatic heterocycles. The molecular formula is C13H6ClN3O2. The van der Waals surface area contributed by atoms with Crippen molar-refractivity contribution >= 4 is 22.6 Å². The van der Waals surface area contributed by atoms with Gasteiger partial charge in [0.05, 0.1) is 5.39 Å². The number of hydrogen-bond acceptors (Lipinski definition) is 5. The second kappa shape index (κ2) is 4.59. The Balaban J connectivity index is 2.12. The van der Waals surface area contributed by atoms with Crippen LogP contribution in [0.2, 0.25) is 5.28 Å². The first-order valence-corrected chi connectivity index (χ1v) is 5.74. The van der Waals surface area contributed by atoms with Crippen LogP contribution in [0.5, 0.6) is 11.6 Å². The van der Waals surface area contributed by atoms with Crippen LogP contribution in [-0.2, 0) is 0 Å². The minimum absolute atomic E-state index is 0.0730. The molecule has 1 aromatic carbocycles. The van der Waals surface area contributed by atoms with Crippen LogP contribution in [0.3, 0.4) is 0 Å². The third-order valence-corrected chi connectivity index (χ3v) is 2.64. The quantitative estimate of drug-likeness (QED) is 0.667. The third kappa shape index (κ3) is 2.09. The zero-order valence-electron chi connectivity index (χ0n) is 9.50. The summed E-state index contributed by atoms with van der Waals surface area (Å²) in [4.78, 5) is 7.67. The molecule has 92 valence electrons. The van der Waals surface area contributed by atoms with Gasteiger partial charge in [-0.1, -0.05) is 12.1 Å². The fourth-order valence-electron chi connectivity index (χ4n) is 1.68. The Morgan fingerprint density at radius 3 is 2.89 bits per heavy atom. The second-order valence-electron chi connectivity index (χ2n) is 3.63. The Hall–Kier alpha value is -2.58. The van der Waals surface area contributed by atoms with E-state index in [-0.39, 0.29) is 16.9 Å². The second-order valence-corrected chi connectivity index (χ2v) is 3.97. The molecule has 0 radical (unpaired) electrons. The number of halogens is 1. The van der Waals surface area contributed by atoms with E-state index < -0.39 is 0 Å². The normalized spacial score (nSPS) is 10.3. The van der Waals surface area contributed by atoms with Gasteiger partial charge in [-0.3, -0.25) is 0 Å². The molecule has 0 spiro atoms. The van der Waals surface area contributed by atoms with Crippen LogP contribution in [0.15, 0.2) is 40.9 Å². The van der Waals surface area contributed by atoms with Gasteiger partial charge < -0.3 is 9.15 Å². The molecule has 19 heavy (non-hydrogen) atoms. The van der Waals surface area contributed by atoms with Crippen molar-refractivity contribution in [3.05, 3.63) is 47.6 Å². The number of furan rings is 1. The number of fused-ring (bicyclic) bond motifs is 1. The summed E-state index contributed by atoms with van der Waals surface area (Å²) in [6.07, 6.45) is 1.47. The maximum Gasteiger partial charge on any atom is 0.247 e. The lowest BCUT2D eigenvalue weighted by molar-refractivity contribution is 0.449. The van der Waals surface area contributed by atoms with Crippen LogP contribution in [0, 0.1) is 11.3 Å². The van der Waals surface area contributed by atoms with Crippen LogP contribution in [-0.4, -0.2) is 9.97 Å². The topological polar surface area (TPSA) is 71.9 Å². The molecule has 3 rings (SSSR count). The van der Waals surface area contributed by atoms with Gasteiger partial charge in [0.1, 0.15) is 11.7 Å². The molecule has 0 unspecified atom stereocenters. The molecule has 0 amide bonds. The lowest BCUT2D eigenvalue weighted by Crippen LogP contribution is -1.90. The Kier molecular flexibility index (Phi) is 2.78. The number of hydrogen-bond donors (Lipinski definition) is 0. The van der Waals surface area contributed by atoms with Gasteiger partial charge in [0, 0.05) is 12.3 Å². The van der Waals surface area contributed by atoms with Gasteiger partial charge >= 0.3 is 0 Å². The van der Waals surface area contributed by atoms with E-state index in [9.17, 15) is 0 Å². The smallest absolute Gasteiger partial charge is 0.247 e. The van der Waals surface area contributed by atoms with Crippen LogP contribution >= 0.6 is 11.6 Å². The van der Waals surface area contributed by atoms with E-state index in [0.29, 0.717) is 16.7 Å². The molecule has 0 aliphatic carbocycles. The van der Waals surface area contributed by atoms with E-state index in [0.717, 1.165) is 0 Å². The number of ether oxygens (including phenoxy) is 1. The van der Waals surface area contributed by atoms with Gasteiger partial charge in [-0.2, -0.15) is 10.2 Å². The third-order valence-electron chi connectivity index (χ3n) is 2.46. The van der Waals surface area contributed by atoms with Crippen LogP contribution < -0.4 is 4.74 Å². The number of aromatic nitrogens is 2. The Morgan fingerprint density at radius 2 is 2.11 bits per heavy atom. The summed E-state index contributed by atoms with van der Waals surface area (Å²) < 4.78 is 11.0. The first-order chi connectivity index (χ1) is 9.28. The zero-order valence-corrected chi connectivity index (χ0v) is 10.3. The molecule has 2 heterocycles. The Bertz CT molecular complexity index is 792. The predicted molar refractivity (Wildman–Crippen MR) is 68.0 cm³/mol. The average Bonchev–Trinajstić information content (AvgIpc) is 2.77. The van der Waals surface area contributed by atoms with E-state index in [1.807, 2.05) is 18.2 Å². The van der Waals surface area contributed by atoms with Gasteiger partial charge in [0.2, 0.25) is 16.9 Å². The van der Waals surface area contributed by atoms with Gasteiger partial charge in [-0.25, -0.2) is 4.98 Å². The van der Waals surface area contributed by atoms with Gasteiger partial charge in [0.25, 0.3) is 0 Å². The van der Waals surface area contributed by atoms with Crippen LogP contribution in [0.25, 0.3) is 11.0 Å². The van der Waals surface area contributed by atoms with Crippen molar-refractivity contribution < 1.29 is 9.15 Å². The summed E-state index contributed by atoms with van der Waals surface area (Å²) in [6.45, 7) is 0. The van der Waals surface area contributed by atoms with Crippen molar-refractivity contribution in [2.45, 2.75) is 0 Å². The number of rotatable bonds is 2. The average molecular weight is 272 g/mol. The molecule has 0 saturated carbocycles. The summed E-state index contributed by atoms with van der Waals surface area (Å²) in [5.41, 5.74) is 0.578. The minimum atomic E-state index is 0.0730. The van der Waals surface area contributed by atoms with E-state index >= 15 is 0 Å². The molecule has 0 aliphatic rings. The molecule has 0 bridgehead atoms.